The standard InChI is InChI=1S/C28H36N4O8/c1-6-39-27(37)32-15-13-31(14-16-32)25(35)21(11-12-23(33)40-28(2,3)4)30-24(34)22-17-19(26(36)38-5)18-9-7-8-10-20(18)29-22/h7-10,17,21H,6,11-16H2,1-5H3,(H,30,34). The average Bonchev–Trinajstić information content (AvgIpc) is 2.93. The van der Waals surface area contributed by atoms with E-state index in [4.69, 9.17) is 14.2 Å². The van der Waals surface area contributed by atoms with Crippen molar-refractivity contribution in [3.05, 3.63) is 41.6 Å². The lowest BCUT2D eigenvalue weighted by Crippen LogP contribution is -2.56. The summed E-state index contributed by atoms with van der Waals surface area (Å²) < 4.78 is 15.3. The predicted octanol–water partition coefficient (Wildman–Crippen LogP) is 2.54. The fourth-order valence-corrected chi connectivity index (χ4v) is 4.26. The van der Waals surface area contributed by atoms with Gasteiger partial charge in [0.15, 0.2) is 0 Å². The van der Waals surface area contributed by atoms with E-state index in [-0.39, 0.29) is 56.9 Å². The lowest BCUT2D eigenvalue weighted by atomic mass is 10.1. The van der Waals surface area contributed by atoms with Gasteiger partial charge in [0.1, 0.15) is 17.3 Å². The Balaban J connectivity index is 1.82. The Morgan fingerprint density at radius 1 is 1.02 bits per heavy atom. The first kappa shape index (κ1) is 30.3. The van der Waals surface area contributed by atoms with Gasteiger partial charge in [-0.1, -0.05) is 18.2 Å². The number of hydrogen-bond acceptors (Lipinski definition) is 9. The molecule has 1 fully saturated rings. The maximum Gasteiger partial charge on any atom is 0.409 e. The Morgan fingerprint density at radius 2 is 1.68 bits per heavy atom. The summed E-state index contributed by atoms with van der Waals surface area (Å²) in [5.41, 5.74) is -0.226. The number of para-hydroxylation sites is 1. The van der Waals surface area contributed by atoms with Crippen LogP contribution in [-0.2, 0) is 23.8 Å². The molecular weight excluding hydrogens is 520 g/mol. The number of carbonyl (C=O) groups is 5. The molecule has 1 aromatic carbocycles. The number of ether oxygens (including phenoxy) is 3. The van der Waals surface area contributed by atoms with Gasteiger partial charge in [-0.05, 0) is 46.2 Å². The van der Waals surface area contributed by atoms with E-state index in [0.29, 0.717) is 10.9 Å². The summed E-state index contributed by atoms with van der Waals surface area (Å²) in [6.07, 6.45) is -0.585. The summed E-state index contributed by atoms with van der Waals surface area (Å²) in [5, 5.41) is 3.21. The van der Waals surface area contributed by atoms with Gasteiger partial charge < -0.3 is 29.3 Å². The average molecular weight is 557 g/mol. The number of aromatic nitrogens is 1. The molecule has 1 saturated heterocycles. The first-order valence-corrected chi connectivity index (χ1v) is 13.1. The topological polar surface area (TPSA) is 144 Å². The van der Waals surface area contributed by atoms with E-state index in [2.05, 4.69) is 10.3 Å². The van der Waals surface area contributed by atoms with Crippen LogP contribution in [0.4, 0.5) is 4.79 Å². The Hall–Kier alpha value is -4.22. The maximum absolute atomic E-state index is 13.5. The molecule has 12 nitrogen and oxygen atoms in total. The van der Waals surface area contributed by atoms with Crippen LogP contribution in [0.3, 0.4) is 0 Å². The Kier molecular flexibility index (Phi) is 10.0. The van der Waals surface area contributed by atoms with Crippen molar-refractivity contribution < 1.29 is 38.2 Å². The Bertz CT molecular complexity index is 1260. The second kappa shape index (κ2) is 13.2. The number of pyridine rings is 1. The number of fused-ring (bicyclic) bond motifs is 1. The van der Waals surface area contributed by atoms with Crippen LogP contribution < -0.4 is 5.32 Å². The third-order valence-electron chi connectivity index (χ3n) is 6.13. The lowest BCUT2D eigenvalue weighted by molar-refractivity contribution is -0.155. The molecule has 40 heavy (non-hydrogen) atoms. The molecule has 3 amide bonds. The number of benzene rings is 1. The molecule has 2 aromatic rings. The third-order valence-corrected chi connectivity index (χ3v) is 6.13. The summed E-state index contributed by atoms with van der Waals surface area (Å²) in [7, 11) is 1.24. The van der Waals surface area contributed by atoms with Gasteiger partial charge in [-0.15, -0.1) is 0 Å². The highest BCUT2D eigenvalue weighted by Crippen LogP contribution is 2.20. The molecule has 0 bridgehead atoms. The van der Waals surface area contributed by atoms with Gasteiger partial charge in [0.05, 0.1) is 24.8 Å². The van der Waals surface area contributed by atoms with E-state index in [1.54, 1.807) is 52.0 Å². The zero-order chi connectivity index (χ0) is 29.4. The van der Waals surface area contributed by atoms with Crippen molar-refractivity contribution in [2.75, 3.05) is 39.9 Å². The number of esters is 2. The lowest BCUT2D eigenvalue weighted by Gasteiger charge is -2.36. The van der Waals surface area contributed by atoms with Crippen LogP contribution in [0, 0.1) is 0 Å². The zero-order valence-corrected chi connectivity index (χ0v) is 23.5. The monoisotopic (exact) mass is 556 g/mol. The number of nitrogens with one attached hydrogen (secondary N) is 1. The van der Waals surface area contributed by atoms with Crippen molar-refractivity contribution in [1.82, 2.24) is 20.1 Å². The summed E-state index contributed by atoms with van der Waals surface area (Å²) in [4.78, 5) is 71.2. The van der Waals surface area contributed by atoms with Gasteiger partial charge in [0.2, 0.25) is 5.91 Å². The van der Waals surface area contributed by atoms with E-state index in [1.807, 2.05) is 0 Å². The number of amides is 3. The molecule has 0 radical (unpaired) electrons. The molecule has 1 aromatic heterocycles. The van der Waals surface area contributed by atoms with Crippen LogP contribution in [0.2, 0.25) is 0 Å². The number of piperazine rings is 1. The second-order valence-electron chi connectivity index (χ2n) is 10.2. The molecular formula is C28H36N4O8. The highest BCUT2D eigenvalue weighted by atomic mass is 16.6. The second-order valence-corrected chi connectivity index (χ2v) is 10.2. The quantitative estimate of drug-likeness (QED) is 0.383. The van der Waals surface area contributed by atoms with E-state index >= 15 is 0 Å². The minimum atomic E-state index is -1.08. The molecule has 0 saturated carbocycles. The van der Waals surface area contributed by atoms with Crippen molar-refractivity contribution in [2.24, 2.45) is 0 Å². The first-order chi connectivity index (χ1) is 18.9. The number of carbonyl (C=O) groups excluding carboxylic acids is 5. The number of hydrogen-bond donors (Lipinski definition) is 1. The molecule has 1 aliphatic heterocycles. The van der Waals surface area contributed by atoms with Crippen LogP contribution >= 0.6 is 0 Å². The molecule has 1 aliphatic rings. The SMILES string of the molecule is CCOC(=O)N1CCN(C(=O)C(CCC(=O)OC(C)(C)C)NC(=O)c2cc(C(=O)OC)c3ccccc3n2)CC1. The maximum atomic E-state index is 13.5. The van der Waals surface area contributed by atoms with Crippen LogP contribution in [0.1, 0.15) is 61.4 Å². The van der Waals surface area contributed by atoms with E-state index in [9.17, 15) is 24.0 Å². The summed E-state index contributed by atoms with van der Waals surface area (Å²) in [5.74, 6) is -2.24. The third kappa shape index (κ3) is 7.90. The summed E-state index contributed by atoms with van der Waals surface area (Å²) >= 11 is 0. The smallest absolute Gasteiger partial charge is 0.409 e. The summed E-state index contributed by atoms with van der Waals surface area (Å²) in [6, 6.07) is 7.05. The molecule has 1 unspecified atom stereocenters. The fourth-order valence-electron chi connectivity index (χ4n) is 4.26. The van der Waals surface area contributed by atoms with E-state index in [1.165, 1.54) is 23.0 Å². The van der Waals surface area contributed by atoms with Gasteiger partial charge >= 0.3 is 18.0 Å². The molecule has 216 valence electrons. The molecule has 0 aliphatic carbocycles. The van der Waals surface area contributed by atoms with Gasteiger partial charge in [0, 0.05) is 38.0 Å². The Labute approximate surface area is 232 Å². The minimum absolute atomic E-state index is 0.0188. The number of rotatable bonds is 8. The zero-order valence-electron chi connectivity index (χ0n) is 23.5. The highest BCUT2D eigenvalue weighted by Gasteiger charge is 2.32. The molecule has 2 heterocycles. The van der Waals surface area contributed by atoms with Gasteiger partial charge in [-0.25, -0.2) is 14.6 Å². The molecule has 1 N–H and O–H groups in total. The normalized spacial score (nSPS) is 14.3. The van der Waals surface area contributed by atoms with Crippen LogP contribution in [-0.4, -0.2) is 96.2 Å². The number of nitrogens with zero attached hydrogens (tertiary/aromatic N) is 3. The van der Waals surface area contributed by atoms with Gasteiger partial charge in [-0.2, -0.15) is 0 Å². The van der Waals surface area contributed by atoms with Crippen molar-refractivity contribution >= 4 is 40.7 Å². The van der Waals surface area contributed by atoms with Gasteiger partial charge in [-0.3, -0.25) is 14.4 Å². The first-order valence-electron chi connectivity index (χ1n) is 13.1. The van der Waals surface area contributed by atoms with Crippen LogP contribution in [0.5, 0.6) is 0 Å². The molecule has 12 heteroatoms. The van der Waals surface area contributed by atoms with E-state index < -0.39 is 41.5 Å². The van der Waals surface area contributed by atoms with Crippen molar-refractivity contribution in [1.29, 1.82) is 0 Å². The molecule has 0 spiro atoms. The summed E-state index contributed by atoms with van der Waals surface area (Å²) in [6.45, 7) is 8.19. The van der Waals surface area contributed by atoms with E-state index in [0.717, 1.165) is 0 Å². The Morgan fingerprint density at radius 3 is 2.30 bits per heavy atom. The van der Waals surface area contributed by atoms with Crippen molar-refractivity contribution in [3.63, 3.8) is 0 Å². The van der Waals surface area contributed by atoms with Gasteiger partial charge in [0.25, 0.3) is 5.91 Å². The van der Waals surface area contributed by atoms with Crippen molar-refractivity contribution in [3.8, 4) is 0 Å². The predicted molar refractivity (Wildman–Crippen MR) is 145 cm³/mol. The van der Waals surface area contributed by atoms with Crippen molar-refractivity contribution in [2.45, 2.75) is 52.2 Å². The van der Waals surface area contributed by atoms with Crippen LogP contribution in [0.25, 0.3) is 10.9 Å². The number of methoxy groups -OCH3 is 1. The largest absolute Gasteiger partial charge is 0.465 e. The highest BCUT2D eigenvalue weighted by molar-refractivity contribution is 6.07. The fraction of sp³-hybridized carbons (Fsp3) is 0.500. The minimum Gasteiger partial charge on any atom is -0.465 e. The van der Waals surface area contributed by atoms with Crippen LogP contribution in [0.15, 0.2) is 30.3 Å². The molecule has 1 atom stereocenters. The molecule has 3 rings (SSSR count).